The minimum Gasteiger partial charge on any atom is -0.304 e. The average molecular weight is 349 g/mol. The number of aromatic nitrogens is 3. The van der Waals surface area contributed by atoms with Crippen LogP contribution in [0.25, 0.3) is 10.8 Å². The average Bonchev–Trinajstić information content (AvgIpc) is 2.70. The van der Waals surface area contributed by atoms with Crippen LogP contribution >= 0.6 is 38.9 Å². The Hall–Kier alpha value is -0.720. The number of nitrogens with zero attached hydrogens (tertiary/aromatic N) is 2. The first-order valence-corrected chi connectivity index (χ1v) is 7.36. The molecule has 0 fully saturated rings. The third-order valence-electron chi connectivity index (χ3n) is 2.21. The Morgan fingerprint density at radius 1 is 1.56 bits per heavy atom. The molecule has 0 spiro atoms. The van der Waals surface area contributed by atoms with Gasteiger partial charge in [0.15, 0.2) is 10.8 Å². The molecule has 0 unspecified atom stereocenters. The first kappa shape index (κ1) is 13.7. The van der Waals surface area contributed by atoms with Crippen molar-refractivity contribution in [2.75, 3.05) is 0 Å². The zero-order valence-electron chi connectivity index (χ0n) is 9.83. The van der Waals surface area contributed by atoms with Crippen molar-refractivity contribution in [3.05, 3.63) is 31.1 Å². The molecule has 1 N–H and O–H groups in total. The fraction of sp³-hybridized carbons (Fsp3) is 0.364. The summed E-state index contributed by atoms with van der Waals surface area (Å²) in [5.74, 6) is 0.888. The maximum atomic E-state index is 11.8. The van der Waals surface area contributed by atoms with Crippen LogP contribution in [0, 0.1) is 5.92 Å². The van der Waals surface area contributed by atoms with Gasteiger partial charge in [-0.15, -0.1) is 0 Å². The van der Waals surface area contributed by atoms with Gasteiger partial charge in [0.25, 0.3) is 5.56 Å². The number of thiazole rings is 1. The van der Waals surface area contributed by atoms with E-state index >= 15 is 0 Å². The minimum atomic E-state index is -0.193. The fourth-order valence-corrected chi connectivity index (χ4v) is 2.70. The lowest BCUT2D eigenvalue weighted by Gasteiger charge is -2.07. The van der Waals surface area contributed by atoms with Crippen LogP contribution in [0.1, 0.15) is 19.5 Å². The molecule has 2 aromatic rings. The van der Waals surface area contributed by atoms with Gasteiger partial charge in [-0.05, 0) is 28.3 Å². The molecule has 96 valence electrons. The van der Waals surface area contributed by atoms with Gasteiger partial charge in [-0.2, -0.15) is 0 Å². The van der Waals surface area contributed by atoms with Crippen molar-refractivity contribution >= 4 is 38.9 Å². The van der Waals surface area contributed by atoms with Crippen LogP contribution in [0.2, 0.25) is 4.34 Å². The van der Waals surface area contributed by atoms with Gasteiger partial charge in [0, 0.05) is 0 Å². The highest BCUT2D eigenvalue weighted by molar-refractivity contribution is 9.10. The Bertz CT molecular complexity index is 623. The lowest BCUT2D eigenvalue weighted by atomic mass is 10.1. The van der Waals surface area contributed by atoms with E-state index in [1.807, 2.05) is 0 Å². The third kappa shape index (κ3) is 2.99. The summed E-state index contributed by atoms with van der Waals surface area (Å²) < 4.78 is 1.06. The van der Waals surface area contributed by atoms with E-state index in [1.165, 1.54) is 11.3 Å². The van der Waals surface area contributed by atoms with Crippen molar-refractivity contribution in [1.29, 1.82) is 0 Å². The van der Waals surface area contributed by atoms with Gasteiger partial charge in [0.2, 0.25) is 0 Å². The highest BCUT2D eigenvalue weighted by atomic mass is 79.9. The van der Waals surface area contributed by atoms with E-state index in [0.29, 0.717) is 25.6 Å². The summed E-state index contributed by atoms with van der Waals surface area (Å²) in [6.45, 7) is 4.16. The van der Waals surface area contributed by atoms with E-state index in [-0.39, 0.29) is 5.56 Å². The largest absolute Gasteiger partial charge is 0.304 e. The van der Waals surface area contributed by atoms with Gasteiger partial charge in [0.1, 0.15) is 8.81 Å². The minimum absolute atomic E-state index is 0.193. The summed E-state index contributed by atoms with van der Waals surface area (Å²) >= 11 is 10.4. The Morgan fingerprint density at radius 3 is 2.83 bits per heavy atom. The molecule has 0 saturated heterocycles. The molecule has 0 radical (unpaired) electrons. The van der Waals surface area contributed by atoms with Crippen molar-refractivity contribution in [3.63, 3.8) is 0 Å². The molecule has 0 aromatic carbocycles. The summed E-state index contributed by atoms with van der Waals surface area (Å²) in [4.78, 5) is 23.1. The van der Waals surface area contributed by atoms with Crippen LogP contribution in [0.4, 0.5) is 0 Å². The molecule has 0 amide bonds. The van der Waals surface area contributed by atoms with Crippen LogP contribution in [-0.4, -0.2) is 15.0 Å². The van der Waals surface area contributed by atoms with Gasteiger partial charge in [-0.3, -0.25) is 4.79 Å². The lowest BCUT2D eigenvalue weighted by Crippen LogP contribution is -2.14. The molecule has 7 heteroatoms. The fourth-order valence-electron chi connectivity index (χ4n) is 1.49. The maximum Gasteiger partial charge on any atom is 0.265 e. The van der Waals surface area contributed by atoms with E-state index in [2.05, 4.69) is 44.7 Å². The first-order valence-electron chi connectivity index (χ1n) is 5.37. The lowest BCUT2D eigenvalue weighted by molar-refractivity contribution is 0.631. The van der Waals surface area contributed by atoms with Crippen molar-refractivity contribution in [2.24, 2.45) is 5.92 Å². The molecule has 4 nitrogen and oxygen atoms in total. The van der Waals surface area contributed by atoms with Crippen molar-refractivity contribution in [2.45, 2.75) is 20.3 Å². The molecular formula is C11H11BrClN3OS. The standard InChI is InChI=1S/C11H11BrClN3OS/c1-5(2)3-6-8(12)10(17)16-9(15-6)11-14-4-7(13)18-11/h4-5H,3H2,1-2H3,(H,15,16,17). The van der Waals surface area contributed by atoms with Crippen molar-refractivity contribution in [1.82, 2.24) is 15.0 Å². The van der Waals surface area contributed by atoms with Gasteiger partial charge in [-0.25, -0.2) is 9.97 Å². The predicted octanol–water partition coefficient (Wildman–Crippen LogP) is 3.51. The Morgan fingerprint density at radius 2 is 2.28 bits per heavy atom. The van der Waals surface area contributed by atoms with E-state index in [9.17, 15) is 4.79 Å². The number of hydrogen-bond donors (Lipinski definition) is 1. The van der Waals surface area contributed by atoms with E-state index in [1.54, 1.807) is 6.20 Å². The molecule has 0 aliphatic heterocycles. The number of hydrogen-bond acceptors (Lipinski definition) is 4. The normalized spacial score (nSPS) is 11.2. The monoisotopic (exact) mass is 347 g/mol. The molecule has 0 bridgehead atoms. The van der Waals surface area contributed by atoms with Crippen LogP contribution in [0.15, 0.2) is 15.5 Å². The second kappa shape index (κ2) is 5.50. The van der Waals surface area contributed by atoms with Crippen LogP contribution in [0.3, 0.4) is 0 Å². The second-order valence-electron chi connectivity index (χ2n) is 4.24. The van der Waals surface area contributed by atoms with Crippen molar-refractivity contribution < 1.29 is 0 Å². The Kier molecular flexibility index (Phi) is 4.19. The van der Waals surface area contributed by atoms with Crippen LogP contribution in [0.5, 0.6) is 0 Å². The van der Waals surface area contributed by atoms with E-state index in [4.69, 9.17) is 11.6 Å². The van der Waals surface area contributed by atoms with Gasteiger partial charge in [0.05, 0.1) is 11.9 Å². The van der Waals surface area contributed by atoms with Gasteiger partial charge in [-0.1, -0.05) is 36.8 Å². The second-order valence-corrected chi connectivity index (χ2v) is 6.70. The Labute approximate surface area is 122 Å². The molecule has 2 rings (SSSR count). The smallest absolute Gasteiger partial charge is 0.265 e. The topological polar surface area (TPSA) is 58.6 Å². The van der Waals surface area contributed by atoms with Crippen molar-refractivity contribution in [3.8, 4) is 10.8 Å². The highest BCUT2D eigenvalue weighted by Crippen LogP contribution is 2.26. The number of rotatable bonds is 3. The predicted molar refractivity (Wildman–Crippen MR) is 77.2 cm³/mol. The summed E-state index contributed by atoms with van der Waals surface area (Å²) in [5, 5.41) is 0.620. The number of aromatic amines is 1. The van der Waals surface area contributed by atoms with Gasteiger partial charge >= 0.3 is 0 Å². The maximum absolute atomic E-state index is 11.8. The molecule has 2 heterocycles. The highest BCUT2D eigenvalue weighted by Gasteiger charge is 2.13. The zero-order valence-corrected chi connectivity index (χ0v) is 13.0. The van der Waals surface area contributed by atoms with E-state index in [0.717, 1.165) is 12.1 Å². The molecule has 0 aliphatic rings. The molecule has 18 heavy (non-hydrogen) atoms. The summed E-state index contributed by atoms with van der Waals surface area (Å²) in [5.41, 5.74) is 0.553. The molecule has 0 aliphatic carbocycles. The molecule has 2 aromatic heterocycles. The third-order valence-corrected chi connectivity index (χ3v) is 4.15. The first-order chi connectivity index (χ1) is 8.47. The summed E-state index contributed by atoms with van der Waals surface area (Å²) in [6.07, 6.45) is 2.28. The molecule has 0 atom stereocenters. The molecule has 0 saturated carbocycles. The quantitative estimate of drug-likeness (QED) is 0.923. The Balaban J connectivity index is 2.50. The van der Waals surface area contributed by atoms with Crippen LogP contribution in [-0.2, 0) is 6.42 Å². The van der Waals surface area contributed by atoms with Crippen LogP contribution < -0.4 is 5.56 Å². The number of H-pyrrole nitrogens is 1. The summed E-state index contributed by atoms with van der Waals surface area (Å²) in [7, 11) is 0. The number of halogens is 2. The SMILES string of the molecule is CC(C)Cc1nc(-c2ncc(Cl)s2)[nH]c(=O)c1Br. The molecular weight excluding hydrogens is 338 g/mol. The summed E-state index contributed by atoms with van der Waals surface area (Å²) in [6, 6.07) is 0. The van der Waals surface area contributed by atoms with Gasteiger partial charge < -0.3 is 4.98 Å². The zero-order chi connectivity index (χ0) is 13.3. The number of nitrogens with one attached hydrogen (secondary N) is 1. The van der Waals surface area contributed by atoms with E-state index < -0.39 is 0 Å².